The van der Waals surface area contributed by atoms with Gasteiger partial charge in [0.15, 0.2) is 0 Å². The van der Waals surface area contributed by atoms with Crippen molar-refractivity contribution in [1.29, 1.82) is 0 Å². The van der Waals surface area contributed by atoms with Crippen LogP contribution in [0.15, 0.2) is 67.1 Å². The number of carbonyl (C=O) groups excluding carboxylic acids is 1. The van der Waals surface area contributed by atoms with Gasteiger partial charge < -0.3 is 19.7 Å². The van der Waals surface area contributed by atoms with E-state index in [4.69, 9.17) is 0 Å². The fraction of sp³-hybridized carbons (Fsp3) is 0.273. The maximum atomic E-state index is 12.4. The average molecular weight is 375 g/mol. The maximum absolute atomic E-state index is 12.4. The van der Waals surface area contributed by atoms with Crippen molar-refractivity contribution >= 4 is 17.4 Å². The van der Waals surface area contributed by atoms with Crippen LogP contribution in [0.5, 0.6) is 0 Å². The third-order valence-electron chi connectivity index (χ3n) is 5.08. The van der Waals surface area contributed by atoms with E-state index in [1.807, 2.05) is 65.5 Å². The summed E-state index contributed by atoms with van der Waals surface area (Å²) in [5, 5.41) is 2.93. The number of benzene rings is 1. The van der Waals surface area contributed by atoms with Gasteiger partial charge in [0, 0.05) is 62.2 Å². The molecule has 0 unspecified atom stereocenters. The number of anilines is 2. The normalized spacial score (nSPS) is 14.8. The van der Waals surface area contributed by atoms with Crippen molar-refractivity contribution < 1.29 is 4.79 Å². The molecule has 0 aliphatic carbocycles. The van der Waals surface area contributed by atoms with Crippen LogP contribution in [0.1, 0.15) is 5.56 Å². The van der Waals surface area contributed by atoms with Crippen molar-refractivity contribution in [3.63, 3.8) is 0 Å². The highest BCUT2D eigenvalue weighted by atomic mass is 16.1. The molecule has 2 aromatic heterocycles. The first-order chi connectivity index (χ1) is 13.7. The van der Waals surface area contributed by atoms with Gasteiger partial charge in [-0.2, -0.15) is 0 Å². The highest BCUT2D eigenvalue weighted by Crippen LogP contribution is 2.19. The zero-order valence-electron chi connectivity index (χ0n) is 16.1. The first-order valence-electron chi connectivity index (χ1n) is 9.59. The molecule has 6 heteroatoms. The van der Waals surface area contributed by atoms with Gasteiger partial charge in [0.2, 0.25) is 5.91 Å². The van der Waals surface area contributed by atoms with Crippen LogP contribution in [0.4, 0.5) is 11.5 Å². The molecule has 0 bridgehead atoms. The van der Waals surface area contributed by atoms with Crippen molar-refractivity contribution in [2.75, 3.05) is 43.4 Å². The van der Waals surface area contributed by atoms with Gasteiger partial charge >= 0.3 is 0 Å². The van der Waals surface area contributed by atoms with E-state index in [0.717, 1.165) is 43.1 Å². The van der Waals surface area contributed by atoms with Crippen LogP contribution in [0.25, 0.3) is 5.69 Å². The molecule has 28 heavy (non-hydrogen) atoms. The standard InChI is InChI=1S/C22H25N5O/c1-25-12-14-27(15-13-25)20-8-9-23-21(17-20)24-22(28)16-18-4-6-19(7-5-18)26-10-2-3-11-26/h2-11,17H,12-16H2,1H3,(H,23,24,28). The Morgan fingerprint density at radius 2 is 1.71 bits per heavy atom. The van der Waals surface area contributed by atoms with Crippen LogP contribution in [0, 0.1) is 0 Å². The Kier molecular flexibility index (Phi) is 5.39. The van der Waals surface area contributed by atoms with E-state index in [2.05, 4.69) is 27.1 Å². The number of hydrogen-bond acceptors (Lipinski definition) is 4. The van der Waals surface area contributed by atoms with Crippen LogP contribution in [-0.2, 0) is 11.2 Å². The molecule has 1 amide bonds. The summed E-state index contributed by atoms with van der Waals surface area (Å²) in [6.45, 7) is 4.06. The minimum absolute atomic E-state index is 0.0586. The minimum atomic E-state index is -0.0586. The number of carbonyl (C=O) groups is 1. The lowest BCUT2D eigenvalue weighted by Gasteiger charge is -2.34. The summed E-state index contributed by atoms with van der Waals surface area (Å²) >= 11 is 0. The van der Waals surface area contributed by atoms with Gasteiger partial charge in [-0.3, -0.25) is 4.79 Å². The Labute approximate surface area is 165 Å². The van der Waals surface area contributed by atoms with Gasteiger partial charge in [0.05, 0.1) is 6.42 Å². The van der Waals surface area contributed by atoms with E-state index in [1.165, 1.54) is 0 Å². The number of piperazine rings is 1. The van der Waals surface area contributed by atoms with Crippen molar-refractivity contribution in [2.24, 2.45) is 0 Å². The van der Waals surface area contributed by atoms with Crippen molar-refractivity contribution in [3.05, 3.63) is 72.7 Å². The zero-order chi connectivity index (χ0) is 19.3. The SMILES string of the molecule is CN1CCN(c2ccnc(NC(=O)Cc3ccc(-n4cccc4)cc3)c2)CC1. The van der Waals surface area contributed by atoms with Crippen LogP contribution < -0.4 is 10.2 Å². The molecule has 1 fully saturated rings. The number of rotatable bonds is 5. The van der Waals surface area contributed by atoms with E-state index in [9.17, 15) is 4.79 Å². The van der Waals surface area contributed by atoms with Gasteiger partial charge in [-0.05, 0) is 42.9 Å². The van der Waals surface area contributed by atoms with Crippen LogP contribution in [0.3, 0.4) is 0 Å². The smallest absolute Gasteiger partial charge is 0.229 e. The second-order valence-corrected chi connectivity index (χ2v) is 7.17. The summed E-state index contributed by atoms with van der Waals surface area (Å²) in [5.74, 6) is 0.544. The Balaban J connectivity index is 1.36. The predicted octanol–water partition coefficient (Wildman–Crippen LogP) is 2.81. The van der Waals surface area contributed by atoms with Gasteiger partial charge in [-0.1, -0.05) is 12.1 Å². The lowest BCUT2D eigenvalue weighted by atomic mass is 10.1. The fourth-order valence-corrected chi connectivity index (χ4v) is 3.41. The first kappa shape index (κ1) is 18.3. The lowest BCUT2D eigenvalue weighted by molar-refractivity contribution is -0.115. The number of pyridine rings is 1. The Hall–Kier alpha value is -3.12. The number of likely N-dealkylation sites (N-methyl/N-ethyl adjacent to an activating group) is 1. The van der Waals surface area contributed by atoms with Gasteiger partial charge in [0.1, 0.15) is 5.82 Å². The second kappa shape index (κ2) is 8.27. The number of aromatic nitrogens is 2. The minimum Gasteiger partial charge on any atom is -0.369 e. The highest BCUT2D eigenvalue weighted by Gasteiger charge is 2.15. The molecule has 0 spiro atoms. The molecular weight excluding hydrogens is 350 g/mol. The quantitative estimate of drug-likeness (QED) is 0.745. The Morgan fingerprint density at radius 1 is 1.00 bits per heavy atom. The van der Waals surface area contributed by atoms with E-state index in [1.54, 1.807) is 6.20 Å². The molecule has 0 saturated carbocycles. The molecule has 1 aromatic carbocycles. The maximum Gasteiger partial charge on any atom is 0.229 e. The highest BCUT2D eigenvalue weighted by molar-refractivity contribution is 5.91. The summed E-state index contributed by atoms with van der Waals surface area (Å²) in [5.41, 5.74) is 3.16. The van der Waals surface area contributed by atoms with E-state index >= 15 is 0 Å². The largest absolute Gasteiger partial charge is 0.369 e. The van der Waals surface area contributed by atoms with Gasteiger partial charge in [-0.25, -0.2) is 4.98 Å². The van der Waals surface area contributed by atoms with Gasteiger partial charge in [-0.15, -0.1) is 0 Å². The summed E-state index contributed by atoms with van der Waals surface area (Å²) in [6, 6.07) is 16.0. The lowest BCUT2D eigenvalue weighted by Crippen LogP contribution is -2.44. The van der Waals surface area contributed by atoms with E-state index in [0.29, 0.717) is 12.2 Å². The van der Waals surface area contributed by atoms with Gasteiger partial charge in [0.25, 0.3) is 0 Å². The molecule has 0 atom stereocenters. The summed E-state index contributed by atoms with van der Waals surface area (Å²) in [4.78, 5) is 21.4. The summed E-state index contributed by atoms with van der Waals surface area (Å²) in [6.07, 6.45) is 6.09. The van der Waals surface area contributed by atoms with Crippen molar-refractivity contribution in [3.8, 4) is 5.69 Å². The Morgan fingerprint density at radius 3 is 2.43 bits per heavy atom. The first-order valence-corrected chi connectivity index (χ1v) is 9.59. The van der Waals surface area contributed by atoms with Crippen LogP contribution in [-0.4, -0.2) is 53.6 Å². The van der Waals surface area contributed by atoms with E-state index in [-0.39, 0.29) is 5.91 Å². The second-order valence-electron chi connectivity index (χ2n) is 7.17. The fourth-order valence-electron chi connectivity index (χ4n) is 3.41. The molecule has 1 N–H and O–H groups in total. The number of nitrogens with zero attached hydrogens (tertiary/aromatic N) is 4. The van der Waals surface area contributed by atoms with Crippen molar-refractivity contribution in [2.45, 2.75) is 6.42 Å². The van der Waals surface area contributed by atoms with Crippen LogP contribution in [0.2, 0.25) is 0 Å². The third kappa shape index (κ3) is 4.40. The molecule has 4 rings (SSSR count). The number of nitrogens with one attached hydrogen (secondary N) is 1. The third-order valence-corrected chi connectivity index (χ3v) is 5.08. The summed E-state index contributed by atoms with van der Waals surface area (Å²) < 4.78 is 2.04. The zero-order valence-corrected chi connectivity index (χ0v) is 16.1. The van der Waals surface area contributed by atoms with E-state index < -0.39 is 0 Å². The molecule has 1 aliphatic rings. The molecule has 0 radical (unpaired) electrons. The topological polar surface area (TPSA) is 53.4 Å². The number of hydrogen-bond donors (Lipinski definition) is 1. The Bertz CT molecular complexity index is 912. The molecule has 1 aliphatic heterocycles. The molecule has 1 saturated heterocycles. The summed E-state index contributed by atoms with van der Waals surface area (Å²) in [7, 11) is 2.14. The predicted molar refractivity (Wildman–Crippen MR) is 112 cm³/mol. The van der Waals surface area contributed by atoms with Crippen LogP contribution >= 0.6 is 0 Å². The molecular formula is C22H25N5O. The number of amides is 1. The molecule has 3 aromatic rings. The average Bonchev–Trinajstić information content (AvgIpc) is 3.24. The molecule has 3 heterocycles. The monoisotopic (exact) mass is 375 g/mol. The molecule has 144 valence electrons. The molecule has 6 nitrogen and oxygen atoms in total. The van der Waals surface area contributed by atoms with Crippen molar-refractivity contribution in [1.82, 2.24) is 14.5 Å².